The molecule has 0 aliphatic carbocycles. The Balaban J connectivity index is 1.46. The van der Waals surface area contributed by atoms with Gasteiger partial charge in [0.25, 0.3) is 0 Å². The fourth-order valence-electron chi connectivity index (χ4n) is 4.21. The monoisotopic (exact) mass is 636 g/mol. The molecule has 8 nitrogen and oxygen atoms in total. The Morgan fingerprint density at radius 1 is 0.860 bits per heavy atom. The molecule has 4 aromatic rings. The van der Waals surface area contributed by atoms with Gasteiger partial charge in [-0.2, -0.15) is 0 Å². The van der Waals surface area contributed by atoms with Crippen molar-refractivity contribution in [2.75, 3.05) is 13.2 Å². The highest BCUT2D eigenvalue weighted by atomic mass is 35.5. The third-order valence-electron chi connectivity index (χ3n) is 6.57. The summed E-state index contributed by atoms with van der Waals surface area (Å²) in [6.07, 6.45) is 4.93. The number of fused-ring (bicyclic) bond motifs is 1. The molecule has 5 rings (SSSR count). The van der Waals surface area contributed by atoms with Crippen LogP contribution in [-0.4, -0.2) is 49.7 Å². The Morgan fingerprint density at radius 2 is 1.51 bits per heavy atom. The summed E-state index contributed by atoms with van der Waals surface area (Å²) in [6.45, 7) is 7.77. The van der Waals surface area contributed by atoms with Crippen molar-refractivity contribution in [2.45, 2.75) is 47.0 Å². The fourth-order valence-corrected chi connectivity index (χ4v) is 6.50. The van der Waals surface area contributed by atoms with E-state index in [1.807, 2.05) is 24.3 Å². The Bertz CT molecular complexity index is 1680. The average Bonchev–Trinajstić information content (AvgIpc) is 2.97. The van der Waals surface area contributed by atoms with Gasteiger partial charge >= 0.3 is 11.9 Å². The second-order valence-electron chi connectivity index (χ2n) is 10.6. The summed E-state index contributed by atoms with van der Waals surface area (Å²) in [7, 11) is 0. The quantitative estimate of drug-likeness (QED) is 0.145. The largest absolute Gasteiger partial charge is 0.486 e. The second-order valence-corrected chi connectivity index (χ2v) is 14.4. The number of carbonyl (C=O) groups is 2. The molecule has 3 heterocycles. The highest BCUT2D eigenvalue weighted by Gasteiger charge is 2.35. The smallest absolute Gasteiger partial charge is 0.328 e. The summed E-state index contributed by atoms with van der Waals surface area (Å²) < 4.78 is 15.2. The molecule has 0 radical (unpaired) electrons. The highest BCUT2D eigenvalue weighted by molar-refractivity contribution is 8.01. The van der Waals surface area contributed by atoms with E-state index in [0.29, 0.717) is 45.8 Å². The summed E-state index contributed by atoms with van der Waals surface area (Å²) in [5.41, 5.74) is 2.90. The molecule has 2 aromatic carbocycles. The highest BCUT2D eigenvalue weighted by Crippen LogP contribution is 2.45. The van der Waals surface area contributed by atoms with Crippen LogP contribution in [0.3, 0.4) is 0 Å². The van der Waals surface area contributed by atoms with E-state index in [9.17, 15) is 14.7 Å². The predicted molar refractivity (Wildman–Crippen MR) is 168 cm³/mol. The molecule has 0 unspecified atom stereocenters. The zero-order chi connectivity index (χ0) is 30.8. The van der Waals surface area contributed by atoms with Crippen LogP contribution in [0.25, 0.3) is 22.3 Å². The molecule has 0 fully saturated rings. The van der Waals surface area contributed by atoms with E-state index in [1.54, 1.807) is 70.4 Å². The van der Waals surface area contributed by atoms with Gasteiger partial charge in [0, 0.05) is 39.0 Å². The van der Waals surface area contributed by atoms with Crippen molar-refractivity contribution in [2.24, 2.45) is 0 Å². The van der Waals surface area contributed by atoms with Gasteiger partial charge in [-0.25, -0.2) is 4.98 Å². The number of halogens is 1. The van der Waals surface area contributed by atoms with Gasteiger partial charge in [-0.15, -0.1) is 23.5 Å². The van der Waals surface area contributed by atoms with Crippen LogP contribution in [0.4, 0.5) is 0 Å². The second kappa shape index (κ2) is 12.5. The third-order valence-corrected chi connectivity index (χ3v) is 9.32. The van der Waals surface area contributed by atoms with E-state index < -0.39 is 21.4 Å². The van der Waals surface area contributed by atoms with Gasteiger partial charge in [0.15, 0.2) is 11.5 Å². The summed E-state index contributed by atoms with van der Waals surface area (Å²) in [4.78, 5) is 35.8. The zero-order valence-corrected chi connectivity index (χ0v) is 26.3. The standard InChI is InChI=1S/C32H29ClN2O6S2/c1-31(2,29(36)37)43-26-12-14-35-28(27(26)19-5-8-21(33)9-6-19)41-30(38)32(3,4)42-25-11-13-34-18-22(25)20-7-10-23-24(17-20)40-16-15-39-23/h5-14,17-18H,15-16H2,1-4H3,(H,36,37). The van der Waals surface area contributed by atoms with Gasteiger partial charge in [-0.3, -0.25) is 14.6 Å². The molecule has 1 aliphatic rings. The Kier molecular flexibility index (Phi) is 8.91. The van der Waals surface area contributed by atoms with Gasteiger partial charge < -0.3 is 19.3 Å². The number of rotatable bonds is 9. The number of carboxylic acids is 1. The minimum Gasteiger partial charge on any atom is -0.486 e. The number of ether oxygens (including phenoxy) is 3. The maximum absolute atomic E-state index is 13.8. The van der Waals surface area contributed by atoms with Crippen molar-refractivity contribution >= 4 is 47.1 Å². The first kappa shape index (κ1) is 30.7. The van der Waals surface area contributed by atoms with E-state index >= 15 is 0 Å². The number of aromatic nitrogens is 2. The predicted octanol–water partition coefficient (Wildman–Crippen LogP) is 7.67. The number of aliphatic carboxylic acids is 1. The normalized spacial score (nSPS) is 13.0. The number of carboxylic acid groups (broad SMARTS) is 1. The molecule has 0 spiro atoms. The molecule has 1 N–H and O–H groups in total. The van der Waals surface area contributed by atoms with Crippen LogP contribution >= 0.6 is 35.1 Å². The third kappa shape index (κ3) is 6.92. The van der Waals surface area contributed by atoms with Crippen LogP contribution in [0.2, 0.25) is 5.02 Å². The fraction of sp³-hybridized carbons (Fsp3) is 0.250. The maximum Gasteiger partial charge on any atom is 0.328 e. The van der Waals surface area contributed by atoms with E-state index in [2.05, 4.69) is 9.97 Å². The lowest BCUT2D eigenvalue weighted by Gasteiger charge is -2.25. The van der Waals surface area contributed by atoms with Gasteiger partial charge in [-0.05, 0) is 75.2 Å². The molecule has 0 bridgehead atoms. The van der Waals surface area contributed by atoms with Gasteiger partial charge in [-0.1, -0.05) is 29.8 Å². The number of hydrogen-bond acceptors (Lipinski definition) is 9. The zero-order valence-electron chi connectivity index (χ0n) is 23.9. The molecule has 43 heavy (non-hydrogen) atoms. The van der Waals surface area contributed by atoms with Crippen molar-refractivity contribution in [1.29, 1.82) is 0 Å². The van der Waals surface area contributed by atoms with Gasteiger partial charge in [0.1, 0.15) is 22.7 Å². The Hall–Kier alpha value is -3.73. The van der Waals surface area contributed by atoms with E-state index in [4.69, 9.17) is 25.8 Å². The van der Waals surface area contributed by atoms with Crippen LogP contribution in [0.15, 0.2) is 83.0 Å². The number of benzene rings is 2. The SMILES string of the molecule is CC(C)(Sc1ccnc(OC(=O)C(C)(C)Sc2ccncc2-c2ccc3c(c2)OCCO3)c1-c1ccc(Cl)cc1)C(=O)O. The van der Waals surface area contributed by atoms with E-state index in [-0.39, 0.29) is 5.88 Å². The van der Waals surface area contributed by atoms with Gasteiger partial charge in [0.2, 0.25) is 5.88 Å². The minimum atomic E-state index is -1.15. The Labute approximate surface area is 263 Å². The summed E-state index contributed by atoms with van der Waals surface area (Å²) in [6, 6.07) is 16.3. The van der Waals surface area contributed by atoms with Crippen LogP contribution in [0.5, 0.6) is 17.4 Å². The summed E-state index contributed by atoms with van der Waals surface area (Å²) in [5, 5.41) is 10.3. The van der Waals surface area contributed by atoms with Crippen LogP contribution < -0.4 is 14.2 Å². The number of hydrogen-bond donors (Lipinski definition) is 1. The lowest BCUT2D eigenvalue weighted by atomic mass is 10.1. The first-order valence-electron chi connectivity index (χ1n) is 13.4. The topological polar surface area (TPSA) is 108 Å². The number of nitrogens with zero attached hydrogens (tertiary/aromatic N) is 2. The maximum atomic E-state index is 13.8. The van der Waals surface area contributed by atoms with Crippen molar-refractivity contribution in [3.63, 3.8) is 0 Å². The van der Waals surface area contributed by atoms with E-state index in [1.165, 1.54) is 18.0 Å². The average molecular weight is 637 g/mol. The van der Waals surface area contributed by atoms with E-state index in [0.717, 1.165) is 27.8 Å². The van der Waals surface area contributed by atoms with Crippen LogP contribution in [0.1, 0.15) is 27.7 Å². The van der Waals surface area contributed by atoms with Crippen molar-refractivity contribution in [3.8, 4) is 39.6 Å². The first-order chi connectivity index (χ1) is 20.4. The molecule has 0 atom stereocenters. The molecular weight excluding hydrogens is 608 g/mol. The molecule has 222 valence electrons. The number of thioether (sulfide) groups is 2. The molecule has 0 saturated carbocycles. The van der Waals surface area contributed by atoms with Crippen LogP contribution in [-0.2, 0) is 9.59 Å². The molecule has 0 saturated heterocycles. The molecule has 1 aliphatic heterocycles. The molecule has 11 heteroatoms. The molecular formula is C32H29ClN2O6S2. The summed E-state index contributed by atoms with van der Waals surface area (Å²) in [5.74, 6) is -0.0719. The lowest BCUT2D eigenvalue weighted by Crippen LogP contribution is -2.33. The number of carbonyl (C=O) groups excluding carboxylic acids is 1. The lowest BCUT2D eigenvalue weighted by molar-refractivity contribution is -0.139. The summed E-state index contributed by atoms with van der Waals surface area (Å²) >= 11 is 8.62. The van der Waals surface area contributed by atoms with Gasteiger partial charge in [0.05, 0.1) is 5.56 Å². The van der Waals surface area contributed by atoms with Crippen molar-refractivity contribution < 1.29 is 28.9 Å². The van der Waals surface area contributed by atoms with Crippen LogP contribution in [0, 0.1) is 0 Å². The first-order valence-corrected chi connectivity index (χ1v) is 15.4. The molecule has 2 aromatic heterocycles. The molecule has 0 amide bonds. The number of pyridine rings is 2. The minimum absolute atomic E-state index is 0.0778. The van der Waals surface area contributed by atoms with Crippen molar-refractivity contribution in [3.05, 3.63) is 78.2 Å². The van der Waals surface area contributed by atoms with Crippen molar-refractivity contribution in [1.82, 2.24) is 9.97 Å². The number of esters is 1. The Morgan fingerprint density at radius 3 is 2.23 bits per heavy atom.